The summed E-state index contributed by atoms with van der Waals surface area (Å²) in [5.41, 5.74) is 3.80. The average Bonchev–Trinajstić information content (AvgIpc) is 2.71. The van der Waals surface area contributed by atoms with Gasteiger partial charge in [0, 0.05) is 31.5 Å². The second kappa shape index (κ2) is 10.2. The fourth-order valence-electron chi connectivity index (χ4n) is 4.10. The Morgan fingerprint density at radius 2 is 2.20 bits per heavy atom. The van der Waals surface area contributed by atoms with Crippen LogP contribution in [0.1, 0.15) is 69.7 Å². The molecule has 1 unspecified atom stereocenters. The number of nitrogens with zero attached hydrogens (tertiary/aromatic N) is 4. The summed E-state index contributed by atoms with van der Waals surface area (Å²) in [6, 6.07) is 2.10. The molecule has 6 heteroatoms. The topological polar surface area (TPSA) is 76.1 Å². The van der Waals surface area contributed by atoms with Gasteiger partial charge in [0.2, 0.25) is 0 Å². The third kappa shape index (κ3) is 6.13. The summed E-state index contributed by atoms with van der Waals surface area (Å²) in [5, 5.41) is 3.95. The van der Waals surface area contributed by atoms with E-state index in [0.717, 1.165) is 55.9 Å². The van der Waals surface area contributed by atoms with Gasteiger partial charge in [-0.2, -0.15) is 5.10 Å². The Morgan fingerprint density at radius 1 is 1.40 bits per heavy atom. The molecule has 0 saturated carbocycles. The quantitative estimate of drug-likeness (QED) is 0.339. The van der Waals surface area contributed by atoms with E-state index < -0.39 is 0 Å². The van der Waals surface area contributed by atoms with E-state index in [0.29, 0.717) is 17.7 Å². The van der Waals surface area contributed by atoms with Gasteiger partial charge in [-0.1, -0.05) is 39.5 Å². The van der Waals surface area contributed by atoms with E-state index in [1.165, 1.54) is 6.42 Å². The Kier molecular flexibility index (Phi) is 7.63. The molecule has 2 saturated heterocycles. The zero-order chi connectivity index (χ0) is 21.6. The largest absolute Gasteiger partial charge is 0.376 e. The van der Waals surface area contributed by atoms with Gasteiger partial charge in [-0.25, -0.2) is 0 Å². The van der Waals surface area contributed by atoms with E-state index in [9.17, 15) is 0 Å². The molecule has 30 heavy (non-hydrogen) atoms. The number of hydrogen-bond acceptors (Lipinski definition) is 6. The first kappa shape index (κ1) is 22.5. The number of aliphatic imine (C=N–C) groups is 1. The maximum Gasteiger partial charge on any atom is 0.126 e. The fourth-order valence-corrected chi connectivity index (χ4v) is 4.10. The Morgan fingerprint density at radius 3 is 2.83 bits per heavy atom. The van der Waals surface area contributed by atoms with Crippen LogP contribution in [0.3, 0.4) is 0 Å². The number of aromatic nitrogens is 1. The highest BCUT2D eigenvalue weighted by Gasteiger charge is 2.33. The molecule has 1 aromatic heterocycles. The SMILES string of the molecule is CC(C)c1cc(C#CCN2CC(C)(C)C2)cnc1/C(C=NCC1CCCCO1)=N/N. The van der Waals surface area contributed by atoms with Gasteiger partial charge in [0.05, 0.1) is 31.1 Å². The molecule has 0 amide bonds. The molecule has 2 fully saturated rings. The molecule has 6 nitrogen and oxygen atoms in total. The number of hydrogen-bond donors (Lipinski definition) is 1. The van der Waals surface area contributed by atoms with Crippen LogP contribution in [-0.4, -0.2) is 60.7 Å². The lowest BCUT2D eigenvalue weighted by molar-refractivity contribution is 0.0226. The van der Waals surface area contributed by atoms with Crippen LogP contribution in [0, 0.1) is 17.3 Å². The van der Waals surface area contributed by atoms with Gasteiger partial charge >= 0.3 is 0 Å². The molecule has 0 radical (unpaired) electrons. The average molecular weight is 410 g/mol. The van der Waals surface area contributed by atoms with Crippen LogP contribution in [0.25, 0.3) is 0 Å². The maximum absolute atomic E-state index is 5.74. The second-order valence-corrected chi connectivity index (χ2v) is 9.42. The smallest absolute Gasteiger partial charge is 0.126 e. The minimum absolute atomic E-state index is 0.196. The van der Waals surface area contributed by atoms with Gasteiger partial charge in [0.15, 0.2) is 0 Å². The van der Waals surface area contributed by atoms with Crippen molar-refractivity contribution in [2.45, 2.75) is 59.0 Å². The number of hydrazone groups is 1. The number of likely N-dealkylation sites (tertiary alicyclic amines) is 1. The molecule has 2 aliphatic rings. The zero-order valence-electron chi connectivity index (χ0n) is 18.8. The molecule has 0 spiro atoms. The van der Waals surface area contributed by atoms with Crippen molar-refractivity contribution in [2.24, 2.45) is 21.4 Å². The highest BCUT2D eigenvalue weighted by Crippen LogP contribution is 2.27. The van der Waals surface area contributed by atoms with Crippen LogP contribution in [0.15, 0.2) is 22.4 Å². The molecule has 1 atom stereocenters. The Balaban J connectivity index is 1.67. The molecule has 1 aromatic rings. The normalized spacial score (nSPS) is 22.0. The summed E-state index contributed by atoms with van der Waals surface area (Å²) in [6.07, 6.45) is 7.13. The van der Waals surface area contributed by atoms with Gasteiger partial charge < -0.3 is 10.6 Å². The highest BCUT2D eigenvalue weighted by molar-refractivity contribution is 6.37. The van der Waals surface area contributed by atoms with Crippen LogP contribution < -0.4 is 5.84 Å². The van der Waals surface area contributed by atoms with Crippen LogP contribution >= 0.6 is 0 Å². The lowest BCUT2D eigenvalue weighted by atomic mass is 9.84. The van der Waals surface area contributed by atoms with Crippen molar-refractivity contribution in [3.05, 3.63) is 29.1 Å². The predicted octanol–water partition coefficient (Wildman–Crippen LogP) is 3.20. The van der Waals surface area contributed by atoms with Gasteiger partial charge in [-0.05, 0) is 42.2 Å². The monoisotopic (exact) mass is 409 g/mol. The standard InChI is InChI=1S/C24H35N5O/c1-18(2)21-12-19(8-7-10-29-16-24(3,4)17-29)13-27-23(21)22(28-25)15-26-14-20-9-5-6-11-30-20/h12-13,15,18,20H,5-6,9-11,14,16-17,25H2,1-4H3/b26-15?,28-22+. The molecular formula is C24H35N5O. The van der Waals surface area contributed by atoms with Gasteiger partial charge in [-0.15, -0.1) is 0 Å². The van der Waals surface area contributed by atoms with Gasteiger partial charge in [-0.3, -0.25) is 14.9 Å². The first-order valence-corrected chi connectivity index (χ1v) is 11.0. The van der Waals surface area contributed by atoms with Crippen LogP contribution in [-0.2, 0) is 4.74 Å². The van der Waals surface area contributed by atoms with Crippen molar-refractivity contribution < 1.29 is 4.74 Å². The Labute approximate surface area is 181 Å². The minimum Gasteiger partial charge on any atom is -0.376 e. The van der Waals surface area contributed by atoms with Crippen molar-refractivity contribution in [2.75, 3.05) is 32.8 Å². The summed E-state index contributed by atoms with van der Waals surface area (Å²) < 4.78 is 5.74. The molecule has 3 heterocycles. The molecule has 0 aliphatic carbocycles. The van der Waals surface area contributed by atoms with Crippen LogP contribution in [0.5, 0.6) is 0 Å². The van der Waals surface area contributed by atoms with Crippen molar-refractivity contribution in [1.82, 2.24) is 9.88 Å². The molecule has 162 valence electrons. The summed E-state index contributed by atoms with van der Waals surface area (Å²) in [5.74, 6) is 12.5. The van der Waals surface area contributed by atoms with Crippen LogP contribution in [0.4, 0.5) is 0 Å². The molecule has 3 rings (SSSR count). The van der Waals surface area contributed by atoms with E-state index >= 15 is 0 Å². The van der Waals surface area contributed by atoms with Gasteiger partial charge in [0.1, 0.15) is 5.71 Å². The number of rotatable bonds is 6. The molecule has 2 N–H and O–H groups in total. The minimum atomic E-state index is 0.196. The van der Waals surface area contributed by atoms with E-state index in [1.807, 2.05) is 0 Å². The molecular weight excluding hydrogens is 374 g/mol. The zero-order valence-corrected chi connectivity index (χ0v) is 18.8. The summed E-state index contributed by atoms with van der Waals surface area (Å²) >= 11 is 0. The molecule has 0 aromatic carbocycles. The van der Waals surface area contributed by atoms with E-state index in [1.54, 1.807) is 12.4 Å². The van der Waals surface area contributed by atoms with E-state index in [2.05, 4.69) is 65.6 Å². The van der Waals surface area contributed by atoms with Crippen molar-refractivity contribution in [1.29, 1.82) is 0 Å². The first-order valence-electron chi connectivity index (χ1n) is 11.0. The Bertz CT molecular complexity index is 833. The highest BCUT2D eigenvalue weighted by atomic mass is 16.5. The van der Waals surface area contributed by atoms with Crippen LogP contribution in [0.2, 0.25) is 0 Å². The lowest BCUT2D eigenvalue weighted by Crippen LogP contribution is -2.52. The van der Waals surface area contributed by atoms with Crippen molar-refractivity contribution in [3.8, 4) is 11.8 Å². The number of nitrogens with two attached hydrogens (primary N) is 1. The van der Waals surface area contributed by atoms with E-state index in [4.69, 9.17) is 10.6 Å². The third-order valence-electron chi connectivity index (χ3n) is 5.56. The van der Waals surface area contributed by atoms with Gasteiger partial charge in [0.25, 0.3) is 0 Å². The molecule has 2 aliphatic heterocycles. The third-order valence-corrected chi connectivity index (χ3v) is 5.56. The van der Waals surface area contributed by atoms with Crippen molar-refractivity contribution in [3.63, 3.8) is 0 Å². The molecule has 0 bridgehead atoms. The van der Waals surface area contributed by atoms with E-state index in [-0.39, 0.29) is 12.0 Å². The lowest BCUT2D eigenvalue weighted by Gasteiger charge is -2.44. The number of ether oxygens (including phenoxy) is 1. The number of pyridine rings is 1. The summed E-state index contributed by atoms with van der Waals surface area (Å²) in [7, 11) is 0. The van der Waals surface area contributed by atoms with Crippen molar-refractivity contribution >= 4 is 11.9 Å². The Hall–Kier alpha value is -2.23. The summed E-state index contributed by atoms with van der Waals surface area (Å²) in [4.78, 5) is 11.5. The second-order valence-electron chi connectivity index (χ2n) is 9.42. The maximum atomic E-state index is 5.74. The predicted molar refractivity (Wildman–Crippen MR) is 123 cm³/mol. The fraction of sp³-hybridized carbons (Fsp3) is 0.625. The summed E-state index contributed by atoms with van der Waals surface area (Å²) in [6.45, 7) is 13.3. The first-order chi connectivity index (χ1) is 14.4.